The summed E-state index contributed by atoms with van der Waals surface area (Å²) in [6.45, 7) is 6.67. The number of nitrogens with zero attached hydrogens (tertiary/aromatic N) is 2. The van der Waals surface area contributed by atoms with Crippen LogP contribution < -0.4 is 16.2 Å². The molecule has 0 unspecified atom stereocenters. The largest absolute Gasteiger partial charge is 0.379 e. The number of hydrogen-bond donors (Lipinski definition) is 2. The maximum Gasteiger partial charge on any atom is 0.157 e. The molecule has 0 spiro atoms. The molecule has 1 saturated heterocycles. The summed E-state index contributed by atoms with van der Waals surface area (Å²) in [6.07, 6.45) is 0.908. The predicted molar refractivity (Wildman–Crippen MR) is 86.3 cm³/mol. The van der Waals surface area contributed by atoms with Gasteiger partial charge in [0.1, 0.15) is 7.05 Å². The van der Waals surface area contributed by atoms with E-state index >= 15 is 0 Å². The van der Waals surface area contributed by atoms with Gasteiger partial charge in [-0.2, -0.15) is 0 Å². The van der Waals surface area contributed by atoms with Crippen molar-refractivity contribution in [2.45, 2.75) is 12.5 Å². The van der Waals surface area contributed by atoms with E-state index in [1.165, 1.54) is 5.56 Å². The van der Waals surface area contributed by atoms with Crippen molar-refractivity contribution in [2.75, 3.05) is 53.0 Å². The molecule has 0 aliphatic carbocycles. The maximum atomic E-state index is 6.18. The zero-order chi connectivity index (χ0) is 14.9. The highest BCUT2D eigenvalue weighted by molar-refractivity contribution is 5.15. The number of hydrazine groups is 1. The second-order valence-corrected chi connectivity index (χ2v) is 5.69. The third kappa shape index (κ3) is 6.54. The van der Waals surface area contributed by atoms with E-state index in [1.807, 2.05) is 6.07 Å². The lowest BCUT2D eigenvalue weighted by Gasteiger charge is -2.26. The zero-order valence-corrected chi connectivity index (χ0v) is 13.0. The number of hydrogen-bond acceptors (Lipinski definition) is 5. The molecule has 1 heterocycles. The Balaban J connectivity index is 1.58. The molecule has 1 atom stereocenters. The predicted octanol–water partition coefficient (Wildman–Crippen LogP) is 0.163. The van der Waals surface area contributed by atoms with E-state index in [0.717, 1.165) is 52.4 Å². The highest BCUT2D eigenvalue weighted by Crippen LogP contribution is 2.01. The van der Waals surface area contributed by atoms with E-state index in [4.69, 9.17) is 10.5 Å². The normalized spacial score (nSPS) is 18.0. The van der Waals surface area contributed by atoms with Crippen molar-refractivity contribution in [3.8, 4) is 0 Å². The molecule has 1 aromatic rings. The molecule has 1 aliphatic heterocycles. The zero-order valence-electron chi connectivity index (χ0n) is 13.0. The van der Waals surface area contributed by atoms with E-state index in [2.05, 4.69) is 46.6 Å². The Morgan fingerprint density at radius 2 is 2.00 bits per heavy atom. The second-order valence-electron chi connectivity index (χ2n) is 5.69. The van der Waals surface area contributed by atoms with Crippen LogP contribution in [0, 0.1) is 0 Å². The molecular weight excluding hydrogens is 264 g/mol. The van der Waals surface area contributed by atoms with Gasteiger partial charge in [-0.3, -0.25) is 4.90 Å². The fourth-order valence-electron chi connectivity index (χ4n) is 2.46. The molecule has 1 radical (unpaired) electrons. The van der Waals surface area contributed by atoms with Gasteiger partial charge in [0.25, 0.3) is 0 Å². The first-order valence-corrected chi connectivity index (χ1v) is 7.78. The number of likely N-dealkylation sites (N-methyl/N-ethyl adjacent to an activating group) is 1. The van der Waals surface area contributed by atoms with Gasteiger partial charge in [0.15, 0.2) is 6.54 Å². The van der Waals surface area contributed by atoms with Crippen LogP contribution in [0.3, 0.4) is 0 Å². The summed E-state index contributed by atoms with van der Waals surface area (Å²) >= 11 is 0. The summed E-state index contributed by atoms with van der Waals surface area (Å²) in [6, 6.07) is 10.5. The Morgan fingerprint density at radius 3 is 2.71 bits per heavy atom. The van der Waals surface area contributed by atoms with E-state index < -0.39 is 0 Å². The van der Waals surface area contributed by atoms with Crippen molar-refractivity contribution >= 4 is 0 Å². The molecule has 0 saturated carbocycles. The highest BCUT2D eigenvalue weighted by atomic mass is 16.5. The van der Waals surface area contributed by atoms with Crippen LogP contribution in [0.15, 0.2) is 30.3 Å². The van der Waals surface area contributed by atoms with Crippen molar-refractivity contribution in [3.05, 3.63) is 35.9 Å². The molecule has 0 amide bonds. The monoisotopic (exact) mass is 292 g/mol. The number of ether oxygens (including phenoxy) is 1. The number of nitrogens with one attached hydrogen (secondary N) is 1. The summed E-state index contributed by atoms with van der Waals surface area (Å²) in [5.74, 6) is 0. The van der Waals surface area contributed by atoms with E-state index in [1.54, 1.807) is 0 Å². The van der Waals surface area contributed by atoms with Gasteiger partial charge in [0.2, 0.25) is 0 Å². The summed E-state index contributed by atoms with van der Waals surface area (Å²) < 4.78 is 5.35. The molecular formula is C16H28N4O+. The van der Waals surface area contributed by atoms with Crippen molar-refractivity contribution < 1.29 is 4.74 Å². The number of rotatable bonds is 8. The number of morpholine rings is 1. The SMILES string of the molecule is C[N+](CCN1CCOCC1)NC[C@@H](N)Cc1ccccc1. The highest BCUT2D eigenvalue weighted by Gasteiger charge is 2.15. The van der Waals surface area contributed by atoms with Gasteiger partial charge in [-0.05, 0) is 12.0 Å². The summed E-state index contributed by atoms with van der Waals surface area (Å²) in [7, 11) is 2.08. The average Bonchev–Trinajstić information content (AvgIpc) is 2.53. The van der Waals surface area contributed by atoms with Crippen LogP contribution >= 0.6 is 0 Å². The molecule has 1 fully saturated rings. The Bertz CT molecular complexity index is 381. The lowest BCUT2D eigenvalue weighted by atomic mass is 10.1. The Morgan fingerprint density at radius 1 is 1.29 bits per heavy atom. The Hall–Kier alpha value is -0.980. The van der Waals surface area contributed by atoms with Gasteiger partial charge in [0.05, 0.1) is 26.3 Å². The van der Waals surface area contributed by atoms with Gasteiger partial charge < -0.3 is 10.5 Å². The number of benzene rings is 1. The van der Waals surface area contributed by atoms with E-state index in [-0.39, 0.29) is 6.04 Å². The number of nitrogens with two attached hydrogens (primary N) is 1. The van der Waals surface area contributed by atoms with Crippen LogP contribution in [-0.2, 0) is 11.2 Å². The van der Waals surface area contributed by atoms with Crippen molar-refractivity contribution in [3.63, 3.8) is 0 Å². The first kappa shape index (κ1) is 16.4. The molecule has 21 heavy (non-hydrogen) atoms. The maximum absolute atomic E-state index is 6.18. The third-order valence-electron chi connectivity index (χ3n) is 3.82. The van der Waals surface area contributed by atoms with Crippen LogP contribution in [0.1, 0.15) is 5.56 Å². The lowest BCUT2D eigenvalue weighted by Crippen LogP contribution is -2.50. The standard InChI is InChI=1S/C16H28N4O/c1-19(7-8-20-9-11-21-12-10-20)18-14-16(17)13-15-5-3-2-4-6-15/h2-6,16,18H,7-14,17H2,1H3/q+1/t16-/m0/s1. The van der Waals surface area contributed by atoms with Gasteiger partial charge in [0, 0.05) is 19.1 Å². The van der Waals surface area contributed by atoms with E-state index in [0.29, 0.717) is 0 Å². The van der Waals surface area contributed by atoms with Gasteiger partial charge in [-0.15, -0.1) is 5.43 Å². The molecule has 1 aromatic carbocycles. The van der Waals surface area contributed by atoms with Crippen LogP contribution in [0.2, 0.25) is 0 Å². The van der Waals surface area contributed by atoms with Gasteiger partial charge in [-0.1, -0.05) is 35.3 Å². The van der Waals surface area contributed by atoms with E-state index in [9.17, 15) is 0 Å². The van der Waals surface area contributed by atoms with Crippen molar-refractivity contribution in [2.24, 2.45) is 5.73 Å². The van der Waals surface area contributed by atoms with Crippen LogP contribution in [-0.4, -0.2) is 63.9 Å². The summed E-state index contributed by atoms with van der Waals surface area (Å²) in [5, 5.41) is 2.14. The molecule has 2 rings (SSSR count). The van der Waals surface area contributed by atoms with Crippen LogP contribution in [0.25, 0.3) is 0 Å². The first-order valence-electron chi connectivity index (χ1n) is 7.78. The lowest BCUT2D eigenvalue weighted by molar-refractivity contribution is 0.0359. The molecule has 0 aromatic heterocycles. The summed E-state index contributed by atoms with van der Waals surface area (Å²) in [5.41, 5.74) is 10.9. The quantitative estimate of drug-likeness (QED) is 0.529. The fourth-order valence-corrected chi connectivity index (χ4v) is 2.46. The van der Waals surface area contributed by atoms with Crippen LogP contribution in [0.4, 0.5) is 0 Å². The minimum absolute atomic E-state index is 0.137. The molecule has 117 valence electrons. The average molecular weight is 292 g/mol. The molecule has 0 bridgehead atoms. The Kier molecular flexibility index (Phi) is 7.12. The Labute approximate surface area is 128 Å². The van der Waals surface area contributed by atoms with Gasteiger partial charge >= 0.3 is 0 Å². The van der Waals surface area contributed by atoms with Gasteiger partial charge in [-0.25, -0.2) is 0 Å². The van der Waals surface area contributed by atoms with Crippen molar-refractivity contribution in [1.29, 1.82) is 0 Å². The smallest absolute Gasteiger partial charge is 0.157 e. The minimum atomic E-state index is 0.137. The fraction of sp³-hybridized carbons (Fsp3) is 0.625. The first-order chi connectivity index (χ1) is 10.2. The second kappa shape index (κ2) is 9.12. The minimum Gasteiger partial charge on any atom is -0.379 e. The molecule has 5 heteroatoms. The molecule has 1 aliphatic rings. The van der Waals surface area contributed by atoms with Crippen LogP contribution in [0.5, 0.6) is 0 Å². The summed E-state index contributed by atoms with van der Waals surface area (Å²) in [4.78, 5) is 2.44. The third-order valence-corrected chi connectivity index (χ3v) is 3.82. The molecule has 5 nitrogen and oxygen atoms in total. The molecule has 3 N–H and O–H groups in total. The van der Waals surface area contributed by atoms with Crippen molar-refractivity contribution in [1.82, 2.24) is 15.3 Å². The topological polar surface area (TPSA) is 56.4 Å².